The molecule has 1 N–H and O–H groups in total. The molecule has 0 fully saturated rings. The normalized spacial score (nSPS) is 18.6. The molecule has 0 aromatic heterocycles. The molecule has 4 rings (SSSR count). The van der Waals surface area contributed by atoms with Gasteiger partial charge in [-0.05, 0) is 74.9 Å². The van der Waals surface area contributed by atoms with Crippen LogP contribution in [0.3, 0.4) is 0 Å². The third kappa shape index (κ3) is 4.75. The molecular formula is C27H31NO4S2. The molecule has 180 valence electrons. The van der Waals surface area contributed by atoms with Gasteiger partial charge in [0, 0.05) is 6.42 Å². The van der Waals surface area contributed by atoms with Gasteiger partial charge in [-0.1, -0.05) is 59.7 Å². The van der Waals surface area contributed by atoms with Crippen LogP contribution in [0.15, 0.2) is 58.3 Å². The lowest BCUT2D eigenvalue weighted by Gasteiger charge is -2.23. The zero-order chi connectivity index (χ0) is 24.8. The van der Waals surface area contributed by atoms with Crippen molar-refractivity contribution in [3.8, 4) is 0 Å². The monoisotopic (exact) mass is 497 g/mol. The quantitative estimate of drug-likeness (QED) is 0.507. The molecule has 0 amide bonds. The van der Waals surface area contributed by atoms with Crippen molar-refractivity contribution in [1.82, 2.24) is 4.72 Å². The fraction of sp³-hybridized carbons (Fsp3) is 0.333. The van der Waals surface area contributed by atoms with E-state index < -0.39 is 33.2 Å². The van der Waals surface area contributed by atoms with Crippen LogP contribution < -0.4 is 4.72 Å². The van der Waals surface area contributed by atoms with E-state index in [2.05, 4.69) is 4.72 Å². The van der Waals surface area contributed by atoms with E-state index in [1.54, 1.807) is 0 Å². The molecule has 7 heteroatoms. The average molecular weight is 498 g/mol. The summed E-state index contributed by atoms with van der Waals surface area (Å²) in [6, 6.07) is 14.7. The van der Waals surface area contributed by atoms with Crippen LogP contribution in [-0.4, -0.2) is 18.7 Å². The summed E-state index contributed by atoms with van der Waals surface area (Å²) >= 11 is -1.73. The van der Waals surface area contributed by atoms with E-state index in [0.717, 1.165) is 33.4 Å². The van der Waals surface area contributed by atoms with E-state index in [0.29, 0.717) is 22.4 Å². The summed E-state index contributed by atoms with van der Waals surface area (Å²) in [7, 11) is -3.85. The first kappa shape index (κ1) is 24.8. The first-order valence-corrected chi connectivity index (χ1v) is 13.9. The van der Waals surface area contributed by atoms with Crippen molar-refractivity contribution in [3.63, 3.8) is 0 Å². The van der Waals surface area contributed by atoms with Crippen LogP contribution in [0.1, 0.15) is 50.5 Å². The molecule has 0 aliphatic heterocycles. The molecular weight excluding hydrogens is 466 g/mol. The number of rotatable bonds is 6. The number of fused-ring (bicyclic) bond motifs is 1. The van der Waals surface area contributed by atoms with E-state index >= 15 is 0 Å². The largest absolute Gasteiger partial charge is 0.281 e. The standard InChI is InChI=1S/C27H31NO4S2/c1-16-11-18(3)26(19(4)12-16)33(29)32-24-15-22-9-7-8-10-23(22)25(24)28-34(30,31)27-20(5)13-17(2)14-21(27)6/h7-14,24-25,28H,15H2,1-6H3/t24-,25+,33?/m0/s1. The number of hydrogen-bond donors (Lipinski definition) is 1. The lowest BCUT2D eigenvalue weighted by atomic mass is 10.1. The van der Waals surface area contributed by atoms with Gasteiger partial charge in [-0.2, -0.15) is 0 Å². The van der Waals surface area contributed by atoms with Crippen molar-refractivity contribution in [1.29, 1.82) is 0 Å². The van der Waals surface area contributed by atoms with Crippen LogP contribution >= 0.6 is 0 Å². The Balaban J connectivity index is 1.69. The molecule has 0 heterocycles. The van der Waals surface area contributed by atoms with E-state index in [1.807, 2.05) is 90.1 Å². The molecule has 3 aromatic carbocycles. The zero-order valence-electron chi connectivity index (χ0n) is 20.4. The highest BCUT2D eigenvalue weighted by Gasteiger charge is 2.38. The number of nitrogens with one attached hydrogen (secondary N) is 1. The van der Waals surface area contributed by atoms with Crippen LogP contribution in [0.5, 0.6) is 0 Å². The molecule has 3 atom stereocenters. The van der Waals surface area contributed by atoms with Gasteiger partial charge in [0.15, 0.2) is 11.1 Å². The molecule has 1 aliphatic rings. The van der Waals surface area contributed by atoms with Gasteiger partial charge in [-0.25, -0.2) is 17.3 Å². The van der Waals surface area contributed by atoms with Gasteiger partial charge in [0.05, 0.1) is 21.9 Å². The van der Waals surface area contributed by atoms with Crippen LogP contribution in [0.2, 0.25) is 0 Å². The third-order valence-corrected chi connectivity index (χ3v) is 9.47. The van der Waals surface area contributed by atoms with Crippen LogP contribution in [0.4, 0.5) is 0 Å². The highest BCUT2D eigenvalue weighted by molar-refractivity contribution is 7.89. The number of sulfonamides is 1. The molecule has 0 saturated carbocycles. The van der Waals surface area contributed by atoms with E-state index in [9.17, 15) is 12.6 Å². The Morgan fingerprint density at radius 3 is 1.97 bits per heavy atom. The summed E-state index contributed by atoms with van der Waals surface area (Å²) in [5.41, 5.74) is 7.15. The fourth-order valence-electron chi connectivity index (χ4n) is 5.19. The van der Waals surface area contributed by atoms with Crippen molar-refractivity contribution in [2.24, 2.45) is 0 Å². The van der Waals surface area contributed by atoms with Gasteiger partial charge >= 0.3 is 0 Å². The average Bonchev–Trinajstić information content (AvgIpc) is 3.02. The summed E-state index contributed by atoms with van der Waals surface area (Å²) in [5.74, 6) is 0. The van der Waals surface area contributed by atoms with Gasteiger partial charge in [0.2, 0.25) is 10.0 Å². The van der Waals surface area contributed by atoms with E-state index in [1.165, 1.54) is 0 Å². The molecule has 0 radical (unpaired) electrons. The highest BCUT2D eigenvalue weighted by Crippen LogP contribution is 2.37. The minimum atomic E-state index is -3.85. The van der Waals surface area contributed by atoms with Gasteiger partial charge in [0.1, 0.15) is 0 Å². The van der Waals surface area contributed by atoms with E-state index in [4.69, 9.17) is 4.18 Å². The van der Waals surface area contributed by atoms with Crippen molar-refractivity contribution in [2.75, 3.05) is 0 Å². The lowest BCUT2D eigenvalue weighted by molar-refractivity contribution is 0.199. The van der Waals surface area contributed by atoms with E-state index in [-0.39, 0.29) is 4.90 Å². The highest BCUT2D eigenvalue weighted by atomic mass is 32.2. The molecule has 1 unspecified atom stereocenters. The van der Waals surface area contributed by atoms with Gasteiger partial charge in [-0.15, -0.1) is 0 Å². The number of aryl methyl sites for hydroxylation is 6. The maximum Gasteiger partial charge on any atom is 0.241 e. The fourth-order valence-corrected chi connectivity index (χ4v) is 8.03. The second-order valence-corrected chi connectivity index (χ2v) is 12.0. The Morgan fingerprint density at radius 1 is 0.853 bits per heavy atom. The topological polar surface area (TPSA) is 72.5 Å². The van der Waals surface area contributed by atoms with Crippen molar-refractivity contribution in [3.05, 3.63) is 93.0 Å². The molecule has 0 saturated heterocycles. The Morgan fingerprint density at radius 2 is 1.38 bits per heavy atom. The Hall–Kier alpha value is -2.32. The summed E-state index contributed by atoms with van der Waals surface area (Å²) < 4.78 is 49.4. The van der Waals surface area contributed by atoms with Gasteiger partial charge in [0.25, 0.3) is 0 Å². The van der Waals surface area contributed by atoms with Crippen LogP contribution in [-0.2, 0) is 31.7 Å². The zero-order valence-corrected chi connectivity index (χ0v) is 22.1. The van der Waals surface area contributed by atoms with Gasteiger partial charge in [-0.3, -0.25) is 4.18 Å². The first-order chi connectivity index (χ1) is 16.0. The summed E-state index contributed by atoms with van der Waals surface area (Å²) in [5, 5.41) is 0. The molecule has 34 heavy (non-hydrogen) atoms. The van der Waals surface area contributed by atoms with Crippen LogP contribution in [0, 0.1) is 41.5 Å². The van der Waals surface area contributed by atoms with Gasteiger partial charge < -0.3 is 0 Å². The molecule has 0 bridgehead atoms. The summed E-state index contributed by atoms with van der Waals surface area (Å²) in [6.45, 7) is 11.4. The summed E-state index contributed by atoms with van der Waals surface area (Å²) in [6.07, 6.45) is -0.121. The second kappa shape index (κ2) is 9.38. The smallest absolute Gasteiger partial charge is 0.241 e. The SMILES string of the molecule is Cc1cc(C)c(S(=O)O[C@H]2Cc3ccccc3[C@H]2NS(=O)(=O)c2c(C)cc(C)cc2C)c(C)c1. The minimum absolute atomic E-state index is 0.285. The molecule has 5 nitrogen and oxygen atoms in total. The Bertz CT molecular complexity index is 1350. The maximum atomic E-state index is 13.6. The third-order valence-electron chi connectivity index (χ3n) is 6.32. The summed E-state index contributed by atoms with van der Waals surface area (Å²) in [4.78, 5) is 0.931. The minimum Gasteiger partial charge on any atom is -0.281 e. The first-order valence-electron chi connectivity index (χ1n) is 11.3. The Kier molecular flexibility index (Phi) is 6.84. The lowest BCUT2D eigenvalue weighted by Crippen LogP contribution is -2.36. The number of hydrogen-bond acceptors (Lipinski definition) is 4. The van der Waals surface area contributed by atoms with Crippen LogP contribution in [0.25, 0.3) is 0 Å². The maximum absolute atomic E-state index is 13.6. The van der Waals surface area contributed by atoms with Crippen molar-refractivity contribution < 1.29 is 16.8 Å². The molecule has 3 aromatic rings. The Labute approximate surface area is 205 Å². The van der Waals surface area contributed by atoms with Crippen molar-refractivity contribution >= 4 is 21.1 Å². The molecule has 1 aliphatic carbocycles. The predicted octanol–water partition coefficient (Wildman–Crippen LogP) is 5.22. The number of benzene rings is 3. The predicted molar refractivity (Wildman–Crippen MR) is 136 cm³/mol. The second-order valence-electron chi connectivity index (χ2n) is 9.33. The van der Waals surface area contributed by atoms with Crippen molar-refractivity contribution in [2.45, 2.75) is 69.9 Å². The molecule has 0 spiro atoms.